The van der Waals surface area contributed by atoms with Crippen LogP contribution in [0.5, 0.6) is 5.75 Å². The molecule has 0 spiro atoms. The van der Waals surface area contributed by atoms with Gasteiger partial charge in [-0.1, -0.05) is 6.92 Å². The van der Waals surface area contributed by atoms with Crippen molar-refractivity contribution in [3.05, 3.63) is 54.1 Å². The van der Waals surface area contributed by atoms with E-state index < -0.39 is 49.6 Å². The van der Waals surface area contributed by atoms with Gasteiger partial charge < -0.3 is 5.11 Å². The Morgan fingerprint density at radius 1 is 1.07 bits per heavy atom. The lowest BCUT2D eigenvalue weighted by molar-refractivity contribution is -0.745. The van der Waals surface area contributed by atoms with Crippen LogP contribution in [0.15, 0.2) is 12.1 Å². The molecule has 0 fully saturated rings. The molecule has 0 saturated heterocycles. The van der Waals surface area contributed by atoms with E-state index in [4.69, 9.17) is 0 Å². The summed E-state index contributed by atoms with van der Waals surface area (Å²) in [6, 6.07) is 0.769. The van der Waals surface area contributed by atoms with Gasteiger partial charge in [-0.2, -0.15) is 23.0 Å². The van der Waals surface area contributed by atoms with Crippen molar-refractivity contribution in [1.29, 1.82) is 0 Å². The summed E-state index contributed by atoms with van der Waals surface area (Å²) in [6.07, 6.45) is -3.91. The van der Waals surface area contributed by atoms with E-state index in [0.717, 1.165) is 4.68 Å². The number of nitrogens with zero attached hydrogens (tertiary/aromatic N) is 5. The van der Waals surface area contributed by atoms with Gasteiger partial charge >= 0.3 is 12.0 Å². The van der Waals surface area contributed by atoms with Crippen LogP contribution in [0.1, 0.15) is 18.6 Å². The Labute approximate surface area is 152 Å². The third kappa shape index (κ3) is 5.08. The number of hydrogen-bond acceptors (Lipinski definition) is 8. The fourth-order valence-corrected chi connectivity index (χ4v) is 1.85. The summed E-state index contributed by atoms with van der Waals surface area (Å²) >= 11 is 0. The smallest absolute Gasteiger partial charge is 0.501 e. The Bertz CT molecular complexity index is 892. The lowest BCUT2D eigenvalue weighted by atomic mass is 10.2. The quantitative estimate of drug-likeness (QED) is 0.445. The molecule has 0 saturated carbocycles. The highest BCUT2D eigenvalue weighted by Crippen LogP contribution is 2.36. The second kappa shape index (κ2) is 8.23. The highest BCUT2D eigenvalue weighted by atomic mass is 19.4. The third-order valence-corrected chi connectivity index (χ3v) is 3.08. The molecule has 16 heteroatoms. The van der Waals surface area contributed by atoms with Crippen molar-refractivity contribution in [2.24, 2.45) is 7.05 Å². The van der Waals surface area contributed by atoms with Crippen molar-refractivity contribution in [2.45, 2.75) is 19.5 Å². The molecule has 0 unspecified atom stereocenters. The zero-order chi connectivity index (χ0) is 21.8. The summed E-state index contributed by atoms with van der Waals surface area (Å²) in [5.41, 5.74) is -3.26. The number of aromatic nitrogens is 3. The average Bonchev–Trinajstić information content (AvgIpc) is 2.96. The standard InChI is InChI=1S/C6H8F3N3.C6H3N3O7/c1-3-4-10-5(6(7,8)9)12(2)11-4;10-6-4(8(13)14)1-3(7(11)12)2-5(6)9(15)16/h3H2,1-2H3;1-2,10H. The van der Waals surface area contributed by atoms with Gasteiger partial charge in [-0.3, -0.25) is 30.3 Å². The zero-order valence-electron chi connectivity index (χ0n) is 14.1. The first-order chi connectivity index (χ1) is 12.8. The van der Waals surface area contributed by atoms with Crippen LogP contribution in [0.25, 0.3) is 0 Å². The molecule has 0 aliphatic rings. The molecule has 0 aliphatic heterocycles. The minimum atomic E-state index is -4.38. The fraction of sp³-hybridized carbons (Fsp3) is 0.333. The van der Waals surface area contributed by atoms with Crippen molar-refractivity contribution in [3.63, 3.8) is 0 Å². The molecule has 152 valence electrons. The van der Waals surface area contributed by atoms with Gasteiger partial charge in [-0.25, -0.2) is 0 Å². The predicted octanol–water partition coefficient (Wildman–Crippen LogP) is 1.30. The second-order valence-electron chi connectivity index (χ2n) is 4.99. The molecule has 1 aromatic carbocycles. The maximum Gasteiger partial charge on any atom is 0.501 e. The van der Waals surface area contributed by atoms with Crippen LogP contribution in [-0.2, 0) is 19.6 Å². The van der Waals surface area contributed by atoms with E-state index in [2.05, 4.69) is 10.1 Å². The van der Waals surface area contributed by atoms with Crippen LogP contribution >= 0.6 is 0 Å². The first-order valence-corrected chi connectivity index (χ1v) is 7.09. The van der Waals surface area contributed by atoms with Crippen LogP contribution in [-0.4, -0.2) is 24.9 Å². The Balaban J connectivity index is 0.000000292. The van der Waals surface area contributed by atoms with Gasteiger partial charge in [0, 0.05) is 6.42 Å². The van der Waals surface area contributed by atoms with E-state index in [1.807, 2.05) is 0 Å². The van der Waals surface area contributed by atoms with Gasteiger partial charge in [0.2, 0.25) is 0 Å². The van der Waals surface area contributed by atoms with Gasteiger partial charge in [-0.05, 0) is 4.98 Å². The number of halogens is 3. The molecule has 0 radical (unpaired) electrons. The van der Waals surface area contributed by atoms with Crippen LogP contribution in [0.3, 0.4) is 0 Å². The van der Waals surface area contributed by atoms with Crippen LogP contribution in [0, 0.1) is 30.3 Å². The number of non-ortho nitro benzene ring substituents is 1. The second-order valence-corrected chi connectivity index (χ2v) is 4.99. The lowest BCUT2D eigenvalue weighted by Gasteiger charge is -2.06. The highest BCUT2D eigenvalue weighted by Gasteiger charge is 2.45. The SMILES string of the molecule is CCc1nc(C(F)(F)F)[n+](C)[nH]1.O=[N+]([O-])c1cc([N+](=O)[O-])c([O-])c([N+](=O)[O-])c1. The number of H-pyrrole nitrogens is 1. The number of nitro benzene ring substituents is 3. The highest BCUT2D eigenvalue weighted by molar-refractivity contribution is 5.63. The molecular weight excluding hydrogens is 397 g/mol. The van der Waals surface area contributed by atoms with E-state index >= 15 is 0 Å². The van der Waals surface area contributed by atoms with E-state index in [9.17, 15) is 48.6 Å². The molecule has 0 amide bonds. The maximum atomic E-state index is 12.1. The van der Waals surface area contributed by atoms with E-state index in [-0.39, 0.29) is 0 Å². The van der Waals surface area contributed by atoms with E-state index in [1.54, 1.807) is 6.92 Å². The third-order valence-electron chi connectivity index (χ3n) is 3.08. The number of hydrogen-bond donors (Lipinski definition) is 1. The van der Waals surface area contributed by atoms with Crippen molar-refractivity contribution in [2.75, 3.05) is 0 Å². The Morgan fingerprint density at radius 3 is 1.79 bits per heavy atom. The van der Waals surface area contributed by atoms with Crippen LogP contribution < -0.4 is 9.79 Å². The lowest BCUT2D eigenvalue weighted by Crippen LogP contribution is -2.38. The number of benzene rings is 1. The summed E-state index contributed by atoms with van der Waals surface area (Å²) in [5.74, 6) is -2.01. The summed E-state index contributed by atoms with van der Waals surface area (Å²) < 4.78 is 37.2. The van der Waals surface area contributed by atoms with Gasteiger partial charge in [0.1, 0.15) is 7.05 Å². The molecule has 1 aromatic heterocycles. The molecule has 2 rings (SSSR count). The summed E-state index contributed by atoms with van der Waals surface area (Å²) in [5, 5.41) is 44.6. The Hall–Kier alpha value is -3.85. The van der Waals surface area contributed by atoms with E-state index in [0.29, 0.717) is 24.4 Å². The molecule has 1 N–H and O–H groups in total. The number of aryl methyl sites for hydroxylation is 2. The van der Waals surface area contributed by atoms with Gasteiger partial charge in [0.05, 0.1) is 32.7 Å². The molecular formula is C12H11F3N6O7. The first-order valence-electron chi connectivity index (χ1n) is 7.09. The zero-order valence-corrected chi connectivity index (χ0v) is 14.1. The summed E-state index contributed by atoms with van der Waals surface area (Å²) in [7, 11) is 1.29. The average molecular weight is 408 g/mol. The van der Waals surface area contributed by atoms with Gasteiger partial charge in [-0.15, -0.1) is 0 Å². The Kier molecular flexibility index (Phi) is 6.52. The molecule has 13 nitrogen and oxygen atoms in total. The number of alkyl halides is 3. The normalized spacial score (nSPS) is 10.8. The minimum absolute atomic E-state index is 0.338. The predicted molar refractivity (Wildman–Crippen MR) is 80.0 cm³/mol. The van der Waals surface area contributed by atoms with Crippen molar-refractivity contribution < 1.29 is 37.7 Å². The number of aromatic amines is 1. The van der Waals surface area contributed by atoms with Gasteiger partial charge in [0.15, 0.2) is 0 Å². The minimum Gasteiger partial charge on any atom is -0.863 e. The van der Waals surface area contributed by atoms with E-state index in [1.165, 1.54) is 7.05 Å². The number of nitrogens with one attached hydrogen (secondary N) is 1. The molecule has 2 aromatic rings. The largest absolute Gasteiger partial charge is 0.863 e. The Morgan fingerprint density at radius 2 is 1.54 bits per heavy atom. The molecule has 0 bridgehead atoms. The molecule has 28 heavy (non-hydrogen) atoms. The first kappa shape index (κ1) is 22.2. The molecule has 1 heterocycles. The van der Waals surface area contributed by atoms with Crippen LogP contribution in [0.4, 0.5) is 30.2 Å². The molecule has 0 atom stereocenters. The van der Waals surface area contributed by atoms with Crippen molar-refractivity contribution >= 4 is 17.1 Å². The summed E-state index contributed by atoms with van der Waals surface area (Å²) in [6.45, 7) is 1.74. The maximum absolute atomic E-state index is 12.1. The number of nitro groups is 3. The molecule has 0 aliphatic carbocycles. The monoisotopic (exact) mass is 408 g/mol. The fourth-order valence-electron chi connectivity index (χ4n) is 1.85. The summed E-state index contributed by atoms with van der Waals surface area (Å²) in [4.78, 5) is 30.9. The topological polar surface area (TPSA) is 185 Å². The van der Waals surface area contributed by atoms with Crippen molar-refractivity contribution in [1.82, 2.24) is 10.1 Å². The van der Waals surface area contributed by atoms with Gasteiger partial charge in [0.25, 0.3) is 22.9 Å². The van der Waals surface area contributed by atoms with Crippen LogP contribution in [0.2, 0.25) is 0 Å². The van der Waals surface area contributed by atoms with Crippen molar-refractivity contribution in [3.8, 4) is 5.75 Å². The number of rotatable bonds is 4.